The quantitative estimate of drug-likeness (QED) is 0.689. The van der Waals surface area contributed by atoms with Crippen LogP contribution in [0.2, 0.25) is 0 Å². The van der Waals surface area contributed by atoms with Crippen molar-refractivity contribution in [3.8, 4) is 0 Å². The van der Waals surface area contributed by atoms with Gasteiger partial charge in [0.1, 0.15) is 0 Å². The Balaban J connectivity index is 2.22. The number of carbonyl (C=O) groups is 1. The molecule has 1 nitrogen and oxygen atoms in total. The Kier molecular flexibility index (Phi) is 3.99. The molecular formula is C19H24O. The van der Waals surface area contributed by atoms with Crippen LogP contribution in [0.25, 0.3) is 0 Å². The highest BCUT2D eigenvalue weighted by Gasteiger charge is 2.34. The van der Waals surface area contributed by atoms with E-state index in [9.17, 15) is 4.79 Å². The molecule has 0 aromatic heterocycles. The number of ketones is 1. The lowest BCUT2D eigenvalue weighted by atomic mass is 9.73. The van der Waals surface area contributed by atoms with E-state index >= 15 is 0 Å². The first-order valence-electron chi connectivity index (χ1n) is 7.27. The van der Waals surface area contributed by atoms with Gasteiger partial charge in [0.25, 0.3) is 0 Å². The Morgan fingerprint density at radius 3 is 2.25 bits per heavy atom. The number of hydrogen-bond acceptors (Lipinski definition) is 1. The Bertz CT molecular complexity index is 568. The summed E-state index contributed by atoms with van der Waals surface area (Å²) in [5.41, 5.74) is 4.96. The molecule has 0 radical (unpaired) electrons. The fourth-order valence-electron chi connectivity index (χ4n) is 3.25. The topological polar surface area (TPSA) is 17.1 Å². The third-order valence-corrected chi connectivity index (χ3v) is 4.15. The summed E-state index contributed by atoms with van der Waals surface area (Å²) in [7, 11) is 0. The zero-order valence-corrected chi connectivity index (χ0v) is 13.2. The summed E-state index contributed by atoms with van der Waals surface area (Å²) in [5.74, 6) is 0.601. The van der Waals surface area contributed by atoms with E-state index in [1.165, 1.54) is 16.7 Å². The van der Waals surface area contributed by atoms with Crippen LogP contribution in [-0.2, 0) is 0 Å². The maximum atomic E-state index is 12.4. The molecule has 0 fully saturated rings. The SMILES string of the molecule is CC1=C(C)C(C(C)(C)C)C(CC(=O)c2ccccc2)=C1. The van der Waals surface area contributed by atoms with Gasteiger partial charge in [0.05, 0.1) is 0 Å². The molecule has 0 saturated carbocycles. The van der Waals surface area contributed by atoms with Crippen LogP contribution >= 0.6 is 0 Å². The molecule has 106 valence electrons. The molecule has 1 atom stereocenters. The van der Waals surface area contributed by atoms with E-state index in [-0.39, 0.29) is 11.2 Å². The van der Waals surface area contributed by atoms with Gasteiger partial charge in [0, 0.05) is 17.9 Å². The standard InChI is InChI=1S/C19H24O/c1-13-11-16(18(14(13)2)19(3,4)5)12-17(20)15-9-7-6-8-10-15/h6-11,18H,12H2,1-5H3. The van der Waals surface area contributed by atoms with Gasteiger partial charge >= 0.3 is 0 Å². The first-order chi connectivity index (χ1) is 9.30. The van der Waals surface area contributed by atoms with E-state index in [2.05, 4.69) is 40.7 Å². The number of rotatable bonds is 3. The molecule has 1 aromatic carbocycles. The van der Waals surface area contributed by atoms with Crippen LogP contribution in [0.15, 0.2) is 53.1 Å². The first-order valence-corrected chi connectivity index (χ1v) is 7.27. The van der Waals surface area contributed by atoms with Gasteiger partial charge in [-0.05, 0) is 19.3 Å². The van der Waals surface area contributed by atoms with Gasteiger partial charge in [-0.2, -0.15) is 0 Å². The molecule has 1 aliphatic carbocycles. The van der Waals surface area contributed by atoms with Crippen molar-refractivity contribution in [2.75, 3.05) is 0 Å². The van der Waals surface area contributed by atoms with Crippen LogP contribution in [0.3, 0.4) is 0 Å². The summed E-state index contributed by atoms with van der Waals surface area (Å²) in [4.78, 5) is 12.4. The van der Waals surface area contributed by atoms with E-state index in [0.717, 1.165) is 5.56 Å². The summed E-state index contributed by atoms with van der Waals surface area (Å²) in [5, 5.41) is 0. The lowest BCUT2D eigenvalue weighted by molar-refractivity contribution is 0.0988. The lowest BCUT2D eigenvalue weighted by Crippen LogP contribution is -2.23. The predicted octanol–water partition coefficient (Wildman–Crippen LogP) is 5.20. The monoisotopic (exact) mass is 268 g/mol. The van der Waals surface area contributed by atoms with Crippen LogP contribution in [0.4, 0.5) is 0 Å². The van der Waals surface area contributed by atoms with Crippen LogP contribution < -0.4 is 0 Å². The average molecular weight is 268 g/mol. The van der Waals surface area contributed by atoms with Crippen LogP contribution in [-0.4, -0.2) is 5.78 Å². The smallest absolute Gasteiger partial charge is 0.166 e. The van der Waals surface area contributed by atoms with Crippen molar-refractivity contribution in [1.29, 1.82) is 0 Å². The molecule has 20 heavy (non-hydrogen) atoms. The summed E-state index contributed by atoms with van der Waals surface area (Å²) < 4.78 is 0. The molecule has 0 spiro atoms. The highest BCUT2D eigenvalue weighted by Crippen LogP contribution is 2.44. The fourth-order valence-corrected chi connectivity index (χ4v) is 3.25. The van der Waals surface area contributed by atoms with E-state index in [1.54, 1.807) is 0 Å². The Labute approximate surface area is 122 Å². The lowest BCUT2D eigenvalue weighted by Gasteiger charge is -2.31. The summed E-state index contributed by atoms with van der Waals surface area (Å²) in [6.07, 6.45) is 2.74. The fraction of sp³-hybridized carbons (Fsp3) is 0.421. The second-order valence-electron chi connectivity index (χ2n) is 6.85. The van der Waals surface area contributed by atoms with Gasteiger partial charge in [0.15, 0.2) is 5.78 Å². The molecule has 0 saturated heterocycles. The van der Waals surface area contributed by atoms with Crippen molar-refractivity contribution < 1.29 is 4.79 Å². The Hall–Kier alpha value is -1.63. The molecule has 0 aliphatic heterocycles. The largest absolute Gasteiger partial charge is 0.294 e. The highest BCUT2D eigenvalue weighted by atomic mass is 16.1. The summed E-state index contributed by atoms with van der Waals surface area (Å²) in [6.45, 7) is 11.1. The molecule has 1 aliphatic rings. The highest BCUT2D eigenvalue weighted by molar-refractivity contribution is 5.97. The molecule has 1 unspecified atom stereocenters. The second kappa shape index (κ2) is 5.40. The van der Waals surface area contributed by atoms with Crippen LogP contribution in [0, 0.1) is 11.3 Å². The number of carbonyl (C=O) groups excluding carboxylic acids is 1. The minimum Gasteiger partial charge on any atom is -0.294 e. The molecule has 0 heterocycles. The van der Waals surface area contributed by atoms with Crippen molar-refractivity contribution >= 4 is 5.78 Å². The van der Waals surface area contributed by atoms with Crippen molar-refractivity contribution in [1.82, 2.24) is 0 Å². The zero-order chi connectivity index (χ0) is 14.9. The summed E-state index contributed by atoms with van der Waals surface area (Å²) in [6, 6.07) is 9.59. The minimum atomic E-state index is 0.157. The van der Waals surface area contributed by atoms with Crippen molar-refractivity contribution in [2.24, 2.45) is 11.3 Å². The van der Waals surface area contributed by atoms with Gasteiger partial charge in [-0.15, -0.1) is 0 Å². The van der Waals surface area contributed by atoms with Gasteiger partial charge in [0.2, 0.25) is 0 Å². The van der Waals surface area contributed by atoms with Crippen LogP contribution in [0.1, 0.15) is 51.4 Å². The van der Waals surface area contributed by atoms with Gasteiger partial charge in [-0.25, -0.2) is 0 Å². The number of hydrogen-bond donors (Lipinski definition) is 0. The van der Waals surface area contributed by atoms with Crippen molar-refractivity contribution in [2.45, 2.75) is 41.0 Å². The van der Waals surface area contributed by atoms with Crippen molar-refractivity contribution in [3.63, 3.8) is 0 Å². The zero-order valence-electron chi connectivity index (χ0n) is 13.2. The van der Waals surface area contributed by atoms with Gasteiger partial charge in [-0.1, -0.05) is 73.9 Å². The number of allylic oxidation sites excluding steroid dienone is 4. The van der Waals surface area contributed by atoms with Gasteiger partial charge < -0.3 is 0 Å². The molecule has 1 heteroatoms. The van der Waals surface area contributed by atoms with E-state index in [4.69, 9.17) is 0 Å². The van der Waals surface area contributed by atoms with Crippen LogP contribution in [0.5, 0.6) is 0 Å². The number of benzene rings is 1. The van der Waals surface area contributed by atoms with E-state index < -0.39 is 0 Å². The molecule has 0 amide bonds. The third-order valence-electron chi connectivity index (χ3n) is 4.15. The van der Waals surface area contributed by atoms with Crippen molar-refractivity contribution in [3.05, 3.63) is 58.7 Å². The molecule has 0 N–H and O–H groups in total. The minimum absolute atomic E-state index is 0.157. The average Bonchev–Trinajstić information content (AvgIpc) is 2.65. The molecule has 0 bridgehead atoms. The predicted molar refractivity (Wildman–Crippen MR) is 84.8 cm³/mol. The Morgan fingerprint density at radius 1 is 1.10 bits per heavy atom. The number of Topliss-reactive ketones (excluding diaryl/α,β-unsaturated/α-hetero) is 1. The maximum Gasteiger partial charge on any atom is 0.166 e. The molecular weight excluding hydrogens is 244 g/mol. The van der Waals surface area contributed by atoms with E-state index in [0.29, 0.717) is 12.3 Å². The van der Waals surface area contributed by atoms with Gasteiger partial charge in [-0.3, -0.25) is 4.79 Å². The second-order valence-corrected chi connectivity index (χ2v) is 6.85. The molecule has 2 rings (SSSR count). The maximum absolute atomic E-state index is 12.4. The van der Waals surface area contributed by atoms with E-state index in [1.807, 2.05) is 30.3 Å². The summed E-state index contributed by atoms with van der Waals surface area (Å²) >= 11 is 0. The third kappa shape index (κ3) is 2.92. The molecule has 1 aromatic rings. The Morgan fingerprint density at radius 2 is 1.70 bits per heavy atom. The first kappa shape index (κ1) is 14.8. The normalized spacial score (nSPS) is 19.2.